The normalized spacial score (nSPS) is 23.7. The molecule has 2 heterocycles. The Hall–Kier alpha value is -0.460. The van der Waals surface area contributed by atoms with Crippen molar-refractivity contribution in [2.45, 2.75) is 38.8 Å². The Balaban J connectivity index is 1.85. The van der Waals surface area contributed by atoms with Crippen LogP contribution in [0.5, 0.6) is 0 Å². The Bertz CT molecular complexity index is 468. The third-order valence-electron chi connectivity index (χ3n) is 2.95. The van der Waals surface area contributed by atoms with E-state index in [9.17, 15) is 8.42 Å². The minimum atomic E-state index is -2.82. The molecule has 0 spiro atoms. The van der Waals surface area contributed by atoms with Crippen molar-refractivity contribution in [3.05, 3.63) is 16.1 Å². The van der Waals surface area contributed by atoms with E-state index in [2.05, 4.69) is 17.2 Å². The molecule has 17 heavy (non-hydrogen) atoms. The van der Waals surface area contributed by atoms with Crippen molar-refractivity contribution in [1.29, 1.82) is 0 Å². The quantitative estimate of drug-likeness (QED) is 0.901. The zero-order chi connectivity index (χ0) is 12.3. The average Bonchev–Trinajstić information content (AvgIpc) is 2.73. The number of nitrogens with one attached hydrogen (secondary N) is 1. The summed E-state index contributed by atoms with van der Waals surface area (Å²) in [5.41, 5.74) is 0. The van der Waals surface area contributed by atoms with Crippen LogP contribution in [0.3, 0.4) is 0 Å². The highest BCUT2D eigenvalue weighted by Gasteiger charge is 2.24. The summed E-state index contributed by atoms with van der Waals surface area (Å²) in [5.74, 6) is 0.626. The van der Waals surface area contributed by atoms with Crippen molar-refractivity contribution in [3.63, 3.8) is 0 Å². The zero-order valence-corrected chi connectivity index (χ0v) is 11.6. The van der Waals surface area contributed by atoms with Gasteiger partial charge in [0.25, 0.3) is 0 Å². The fourth-order valence-corrected chi connectivity index (χ4v) is 4.49. The molecule has 1 atom stereocenters. The summed E-state index contributed by atoms with van der Waals surface area (Å²) < 4.78 is 22.9. The van der Waals surface area contributed by atoms with E-state index in [1.165, 1.54) is 4.88 Å². The maximum atomic E-state index is 11.5. The molecule has 0 bridgehead atoms. The fourth-order valence-electron chi connectivity index (χ4n) is 2.01. The number of hydrogen-bond acceptors (Lipinski definition) is 5. The summed E-state index contributed by atoms with van der Waals surface area (Å²) in [7, 11) is -2.82. The van der Waals surface area contributed by atoms with Crippen LogP contribution in [0, 0.1) is 0 Å². The highest BCUT2D eigenvalue weighted by Crippen LogP contribution is 2.15. The predicted octanol–water partition coefficient (Wildman–Crippen LogP) is 1.37. The molecule has 0 saturated carbocycles. The molecule has 1 fully saturated rings. The summed E-state index contributed by atoms with van der Waals surface area (Å²) in [5, 5.41) is 4.35. The Morgan fingerprint density at radius 2 is 2.41 bits per heavy atom. The number of thiazole rings is 1. The van der Waals surface area contributed by atoms with Gasteiger partial charge in [-0.25, -0.2) is 13.4 Å². The van der Waals surface area contributed by atoms with Gasteiger partial charge in [-0.15, -0.1) is 11.3 Å². The second-order valence-electron chi connectivity index (χ2n) is 4.41. The Kier molecular flexibility index (Phi) is 4.17. The Labute approximate surface area is 106 Å². The van der Waals surface area contributed by atoms with Crippen LogP contribution in [0.15, 0.2) is 6.20 Å². The first-order chi connectivity index (χ1) is 8.09. The van der Waals surface area contributed by atoms with Crippen LogP contribution in [0.4, 0.5) is 0 Å². The molecule has 0 amide bonds. The first-order valence-electron chi connectivity index (χ1n) is 5.96. The van der Waals surface area contributed by atoms with Gasteiger partial charge in [-0.1, -0.05) is 6.92 Å². The maximum absolute atomic E-state index is 11.5. The standard InChI is InChI=1S/C11H18N2O2S2/c1-2-10-6-13-11(16-10)7-12-9-4-3-5-17(14,15)8-9/h6,9,12H,2-5,7-8H2,1H3. The second-order valence-corrected chi connectivity index (χ2v) is 7.84. The minimum absolute atomic E-state index is 0.0997. The number of nitrogens with zero attached hydrogens (tertiary/aromatic N) is 1. The number of hydrogen-bond donors (Lipinski definition) is 1. The molecule has 96 valence electrons. The zero-order valence-electron chi connectivity index (χ0n) is 9.98. The molecule has 1 aromatic rings. The summed E-state index contributed by atoms with van der Waals surface area (Å²) in [4.78, 5) is 5.59. The largest absolute Gasteiger partial charge is 0.307 e. The van der Waals surface area contributed by atoms with Crippen molar-refractivity contribution in [3.8, 4) is 0 Å². The summed E-state index contributed by atoms with van der Waals surface area (Å²) >= 11 is 1.70. The average molecular weight is 274 g/mol. The van der Waals surface area contributed by atoms with Gasteiger partial charge in [0.15, 0.2) is 9.84 Å². The molecule has 1 saturated heterocycles. The number of aromatic nitrogens is 1. The maximum Gasteiger partial charge on any atom is 0.151 e. The van der Waals surface area contributed by atoms with Gasteiger partial charge < -0.3 is 5.32 Å². The molecule has 6 heteroatoms. The van der Waals surface area contributed by atoms with Gasteiger partial charge in [-0.2, -0.15) is 0 Å². The first-order valence-corrected chi connectivity index (χ1v) is 8.60. The Morgan fingerprint density at radius 3 is 3.06 bits per heavy atom. The highest BCUT2D eigenvalue weighted by molar-refractivity contribution is 7.91. The summed E-state index contributed by atoms with van der Waals surface area (Å²) in [6.45, 7) is 2.79. The van der Waals surface area contributed by atoms with E-state index in [-0.39, 0.29) is 11.8 Å². The predicted molar refractivity (Wildman–Crippen MR) is 70.0 cm³/mol. The number of sulfone groups is 1. The molecule has 1 unspecified atom stereocenters. The molecule has 1 aliphatic heterocycles. The van der Waals surface area contributed by atoms with Crippen molar-refractivity contribution < 1.29 is 8.42 Å². The monoisotopic (exact) mass is 274 g/mol. The molecule has 1 aromatic heterocycles. The topological polar surface area (TPSA) is 59.1 Å². The van der Waals surface area contributed by atoms with Crippen LogP contribution in [-0.2, 0) is 22.8 Å². The van der Waals surface area contributed by atoms with Crippen LogP contribution < -0.4 is 5.32 Å². The lowest BCUT2D eigenvalue weighted by Gasteiger charge is -2.22. The molecule has 0 radical (unpaired) electrons. The van der Waals surface area contributed by atoms with E-state index in [0.29, 0.717) is 12.3 Å². The summed E-state index contributed by atoms with van der Waals surface area (Å²) in [6.07, 6.45) is 4.64. The molecule has 1 N–H and O–H groups in total. The number of aryl methyl sites for hydroxylation is 1. The van der Waals surface area contributed by atoms with Crippen molar-refractivity contribution in [2.75, 3.05) is 11.5 Å². The van der Waals surface area contributed by atoms with Gasteiger partial charge in [-0.05, 0) is 19.3 Å². The van der Waals surface area contributed by atoms with Crippen LogP contribution in [0.2, 0.25) is 0 Å². The molecule has 4 nitrogen and oxygen atoms in total. The fraction of sp³-hybridized carbons (Fsp3) is 0.727. The van der Waals surface area contributed by atoms with Gasteiger partial charge in [0.05, 0.1) is 11.5 Å². The molecular formula is C11H18N2O2S2. The lowest BCUT2D eigenvalue weighted by atomic mass is 10.2. The van der Waals surface area contributed by atoms with E-state index >= 15 is 0 Å². The van der Waals surface area contributed by atoms with Crippen molar-refractivity contribution in [1.82, 2.24) is 10.3 Å². The van der Waals surface area contributed by atoms with Crippen molar-refractivity contribution >= 4 is 21.2 Å². The number of rotatable bonds is 4. The van der Waals surface area contributed by atoms with Gasteiger partial charge in [0.2, 0.25) is 0 Å². The van der Waals surface area contributed by atoms with Crippen LogP contribution in [0.1, 0.15) is 29.7 Å². The van der Waals surface area contributed by atoms with E-state index in [4.69, 9.17) is 0 Å². The van der Waals surface area contributed by atoms with Crippen LogP contribution >= 0.6 is 11.3 Å². The third-order valence-corrected chi connectivity index (χ3v) is 5.92. The molecule has 1 aliphatic rings. The molecule has 0 aromatic carbocycles. The van der Waals surface area contributed by atoms with E-state index < -0.39 is 9.84 Å². The van der Waals surface area contributed by atoms with Crippen LogP contribution in [0.25, 0.3) is 0 Å². The molecule has 0 aliphatic carbocycles. The van der Waals surface area contributed by atoms with Crippen LogP contribution in [-0.4, -0.2) is 30.9 Å². The highest BCUT2D eigenvalue weighted by atomic mass is 32.2. The van der Waals surface area contributed by atoms with Gasteiger partial charge >= 0.3 is 0 Å². The second kappa shape index (κ2) is 5.46. The molecule has 2 rings (SSSR count). The first kappa shape index (κ1) is 13.0. The minimum Gasteiger partial charge on any atom is -0.307 e. The summed E-state index contributed by atoms with van der Waals surface area (Å²) in [6, 6.07) is 0.0997. The van der Waals surface area contributed by atoms with E-state index in [1.54, 1.807) is 11.3 Å². The van der Waals surface area contributed by atoms with Gasteiger partial charge in [0.1, 0.15) is 5.01 Å². The lowest BCUT2D eigenvalue weighted by molar-refractivity contribution is 0.479. The lowest BCUT2D eigenvalue weighted by Crippen LogP contribution is -2.39. The van der Waals surface area contributed by atoms with Gasteiger partial charge in [0, 0.05) is 23.7 Å². The van der Waals surface area contributed by atoms with Gasteiger partial charge in [-0.3, -0.25) is 0 Å². The van der Waals surface area contributed by atoms with E-state index in [1.807, 2.05) is 6.20 Å². The Morgan fingerprint density at radius 1 is 1.59 bits per heavy atom. The smallest absolute Gasteiger partial charge is 0.151 e. The van der Waals surface area contributed by atoms with E-state index in [0.717, 1.165) is 24.3 Å². The van der Waals surface area contributed by atoms with Crippen molar-refractivity contribution in [2.24, 2.45) is 0 Å². The third kappa shape index (κ3) is 3.76. The molecular weight excluding hydrogens is 256 g/mol. The SMILES string of the molecule is CCc1cnc(CNC2CCCS(=O)(=O)C2)s1.